The monoisotopic (exact) mass is 297 g/mol. The van der Waals surface area contributed by atoms with Crippen LogP contribution in [0, 0.1) is 0 Å². The normalized spacial score (nSPS) is 10.9. The Morgan fingerprint density at radius 3 is 2.68 bits per heavy atom. The quantitative estimate of drug-likeness (QED) is 0.482. The Labute approximate surface area is 127 Å². The number of furan rings is 1. The molecular weight excluding hydrogens is 282 g/mol. The van der Waals surface area contributed by atoms with Gasteiger partial charge in [-0.15, -0.1) is 0 Å². The minimum absolute atomic E-state index is 0.159. The number of amides is 2. The van der Waals surface area contributed by atoms with Gasteiger partial charge in [-0.3, -0.25) is 9.59 Å². The lowest BCUT2D eigenvalue weighted by atomic mass is 10.2. The summed E-state index contributed by atoms with van der Waals surface area (Å²) < 4.78 is 5.01. The van der Waals surface area contributed by atoms with Gasteiger partial charge in [-0.1, -0.05) is 30.3 Å². The van der Waals surface area contributed by atoms with Gasteiger partial charge in [0.15, 0.2) is 0 Å². The molecule has 0 saturated heterocycles. The summed E-state index contributed by atoms with van der Waals surface area (Å²) in [5, 5.41) is 6.16. The van der Waals surface area contributed by atoms with Crippen molar-refractivity contribution in [2.24, 2.45) is 5.10 Å². The molecule has 6 heteroatoms. The number of nitrogens with zero attached hydrogens (tertiary/aromatic N) is 1. The van der Waals surface area contributed by atoms with Crippen LogP contribution in [0.1, 0.15) is 11.3 Å². The molecule has 0 saturated carbocycles. The number of carbonyl (C=O) groups excluding carboxylic acids is 2. The largest absolute Gasteiger partial charge is 0.463 e. The Bertz CT molecular complexity index is 661. The highest BCUT2D eigenvalue weighted by Gasteiger charge is 2.01. The third kappa shape index (κ3) is 5.46. The second kappa shape index (κ2) is 8.21. The van der Waals surface area contributed by atoms with E-state index >= 15 is 0 Å². The summed E-state index contributed by atoms with van der Waals surface area (Å²) in [6.45, 7) is -0.159. The topological polar surface area (TPSA) is 83.7 Å². The summed E-state index contributed by atoms with van der Waals surface area (Å²) >= 11 is 0. The molecule has 22 heavy (non-hydrogen) atoms. The summed E-state index contributed by atoms with van der Waals surface area (Å²) in [6, 6.07) is 12.8. The van der Waals surface area contributed by atoms with Crippen LogP contribution in [0.5, 0.6) is 0 Å². The molecule has 0 atom stereocenters. The van der Waals surface area contributed by atoms with Gasteiger partial charge >= 0.3 is 0 Å². The number of carbonyl (C=O) groups is 2. The number of nitrogens with one attached hydrogen (secondary N) is 2. The lowest BCUT2D eigenvalue weighted by molar-refractivity contribution is -0.123. The highest BCUT2D eigenvalue weighted by Crippen LogP contribution is 2.00. The summed E-state index contributed by atoms with van der Waals surface area (Å²) in [7, 11) is 0. The maximum absolute atomic E-state index is 11.6. The van der Waals surface area contributed by atoms with Crippen LogP contribution in [-0.4, -0.2) is 24.6 Å². The molecular formula is C16H15N3O3. The Hall–Kier alpha value is -3.15. The van der Waals surface area contributed by atoms with Gasteiger partial charge in [0.2, 0.25) is 5.91 Å². The van der Waals surface area contributed by atoms with Crippen LogP contribution in [0.4, 0.5) is 0 Å². The van der Waals surface area contributed by atoms with Gasteiger partial charge in [-0.05, 0) is 23.8 Å². The van der Waals surface area contributed by atoms with Crippen molar-refractivity contribution in [1.82, 2.24) is 10.7 Å². The van der Waals surface area contributed by atoms with Crippen molar-refractivity contribution in [3.63, 3.8) is 0 Å². The van der Waals surface area contributed by atoms with Gasteiger partial charge in [-0.25, -0.2) is 5.43 Å². The van der Waals surface area contributed by atoms with E-state index in [0.29, 0.717) is 5.76 Å². The molecule has 1 heterocycles. The van der Waals surface area contributed by atoms with Gasteiger partial charge in [0.05, 0.1) is 19.0 Å². The van der Waals surface area contributed by atoms with Crippen LogP contribution in [0.2, 0.25) is 0 Å². The molecule has 0 spiro atoms. The van der Waals surface area contributed by atoms with Crippen molar-refractivity contribution in [2.75, 3.05) is 6.54 Å². The van der Waals surface area contributed by atoms with Gasteiger partial charge in [-0.2, -0.15) is 5.10 Å². The van der Waals surface area contributed by atoms with E-state index in [2.05, 4.69) is 15.8 Å². The number of hydrazone groups is 1. The number of hydrogen-bond acceptors (Lipinski definition) is 4. The fraction of sp³-hybridized carbons (Fsp3) is 0.0625. The molecule has 0 bridgehead atoms. The second-order valence-electron chi connectivity index (χ2n) is 4.27. The Kier molecular flexibility index (Phi) is 5.69. The van der Waals surface area contributed by atoms with Crippen LogP contribution in [-0.2, 0) is 9.59 Å². The smallest absolute Gasteiger partial charge is 0.259 e. The molecule has 2 amide bonds. The van der Waals surface area contributed by atoms with Crippen molar-refractivity contribution < 1.29 is 14.0 Å². The first kappa shape index (κ1) is 15.2. The summed E-state index contributed by atoms with van der Waals surface area (Å²) in [6.07, 6.45) is 5.91. The molecule has 112 valence electrons. The van der Waals surface area contributed by atoms with Gasteiger partial charge in [0, 0.05) is 6.08 Å². The fourth-order valence-electron chi connectivity index (χ4n) is 1.53. The van der Waals surface area contributed by atoms with Crippen LogP contribution >= 0.6 is 0 Å². The predicted molar refractivity (Wildman–Crippen MR) is 82.9 cm³/mol. The molecule has 1 aromatic heterocycles. The van der Waals surface area contributed by atoms with Crippen LogP contribution in [0.15, 0.2) is 64.3 Å². The average molecular weight is 297 g/mol. The summed E-state index contributed by atoms with van der Waals surface area (Å²) in [5.74, 6) is -0.256. The summed E-state index contributed by atoms with van der Waals surface area (Å²) in [4.78, 5) is 23.0. The zero-order chi connectivity index (χ0) is 15.6. The third-order valence-electron chi connectivity index (χ3n) is 2.57. The lowest BCUT2D eigenvalue weighted by Crippen LogP contribution is -2.34. The Balaban J connectivity index is 1.69. The maximum atomic E-state index is 11.6. The van der Waals surface area contributed by atoms with E-state index in [0.717, 1.165) is 5.56 Å². The van der Waals surface area contributed by atoms with E-state index in [1.165, 1.54) is 18.6 Å². The minimum atomic E-state index is -0.427. The number of hydrogen-bond donors (Lipinski definition) is 2. The van der Waals surface area contributed by atoms with E-state index in [-0.39, 0.29) is 12.5 Å². The van der Waals surface area contributed by atoms with E-state index in [1.807, 2.05) is 30.3 Å². The first-order valence-electron chi connectivity index (χ1n) is 6.60. The van der Waals surface area contributed by atoms with E-state index in [9.17, 15) is 9.59 Å². The predicted octanol–water partition coefficient (Wildman–Crippen LogP) is 1.56. The second-order valence-corrected chi connectivity index (χ2v) is 4.27. The average Bonchev–Trinajstić information content (AvgIpc) is 3.05. The zero-order valence-electron chi connectivity index (χ0n) is 11.7. The minimum Gasteiger partial charge on any atom is -0.463 e. The van der Waals surface area contributed by atoms with Crippen LogP contribution in [0.3, 0.4) is 0 Å². The van der Waals surface area contributed by atoms with E-state index < -0.39 is 5.91 Å². The molecule has 0 fully saturated rings. The molecule has 2 N–H and O–H groups in total. The van der Waals surface area contributed by atoms with Crippen LogP contribution < -0.4 is 10.7 Å². The Morgan fingerprint density at radius 1 is 1.14 bits per heavy atom. The van der Waals surface area contributed by atoms with Crippen molar-refractivity contribution in [2.45, 2.75) is 0 Å². The van der Waals surface area contributed by atoms with Crippen molar-refractivity contribution in [1.29, 1.82) is 0 Å². The lowest BCUT2D eigenvalue weighted by Gasteiger charge is -2.00. The fourth-order valence-corrected chi connectivity index (χ4v) is 1.53. The maximum Gasteiger partial charge on any atom is 0.259 e. The third-order valence-corrected chi connectivity index (χ3v) is 2.57. The highest BCUT2D eigenvalue weighted by atomic mass is 16.3. The number of rotatable bonds is 6. The molecule has 2 aromatic rings. The van der Waals surface area contributed by atoms with E-state index in [4.69, 9.17) is 4.42 Å². The zero-order valence-corrected chi connectivity index (χ0v) is 11.7. The molecule has 0 unspecified atom stereocenters. The first-order valence-corrected chi connectivity index (χ1v) is 6.60. The van der Waals surface area contributed by atoms with Crippen molar-refractivity contribution in [3.05, 3.63) is 66.1 Å². The van der Waals surface area contributed by atoms with Gasteiger partial charge < -0.3 is 9.73 Å². The molecule has 2 rings (SSSR count). The highest BCUT2D eigenvalue weighted by molar-refractivity contribution is 5.94. The summed E-state index contributed by atoms with van der Waals surface area (Å²) in [5.41, 5.74) is 3.19. The van der Waals surface area contributed by atoms with Crippen LogP contribution in [0.25, 0.3) is 6.08 Å². The van der Waals surface area contributed by atoms with E-state index in [1.54, 1.807) is 18.2 Å². The van der Waals surface area contributed by atoms with Crippen molar-refractivity contribution >= 4 is 24.1 Å². The molecule has 0 radical (unpaired) electrons. The molecule has 0 aliphatic rings. The van der Waals surface area contributed by atoms with Crippen molar-refractivity contribution in [3.8, 4) is 0 Å². The standard InChI is InChI=1S/C16H15N3O3/c20-15(9-8-13-5-2-1-3-6-13)17-12-16(21)19-18-11-14-7-4-10-22-14/h1-11H,12H2,(H,17,20)(H,19,21)/b9-8+,18-11-. The molecule has 1 aromatic carbocycles. The molecule has 0 aliphatic carbocycles. The van der Waals surface area contributed by atoms with Gasteiger partial charge in [0.1, 0.15) is 5.76 Å². The first-order chi connectivity index (χ1) is 10.7. The molecule has 6 nitrogen and oxygen atoms in total. The molecule has 0 aliphatic heterocycles. The Morgan fingerprint density at radius 2 is 1.95 bits per heavy atom. The number of benzene rings is 1. The van der Waals surface area contributed by atoms with Gasteiger partial charge in [0.25, 0.3) is 5.91 Å². The SMILES string of the molecule is O=C(/C=C/c1ccccc1)NCC(=O)N/N=C\c1ccco1.